The van der Waals surface area contributed by atoms with Crippen LogP contribution in [0.5, 0.6) is 0 Å². The first-order valence-electron chi connectivity index (χ1n) is 19.9. The van der Waals surface area contributed by atoms with Crippen LogP contribution in [0.25, 0.3) is 0 Å². The fourth-order valence-corrected chi connectivity index (χ4v) is 8.58. The van der Waals surface area contributed by atoms with Crippen LogP contribution in [-0.2, 0) is 14.5 Å². The molecule has 0 bridgehead atoms. The quantitative estimate of drug-likeness (QED) is 0.128. The molecule has 5 heteroatoms. The lowest BCUT2D eigenvalue weighted by molar-refractivity contribution is -0.301. The monoisotopic (exact) mass is 739 g/mol. The van der Waals surface area contributed by atoms with E-state index < -0.39 is 11.6 Å². The second-order valence-electron chi connectivity index (χ2n) is 17.7. The molecule has 0 radical (unpaired) electrons. The van der Waals surface area contributed by atoms with E-state index in [0.29, 0.717) is 28.4 Å². The van der Waals surface area contributed by atoms with E-state index in [9.17, 15) is 9.59 Å². The van der Waals surface area contributed by atoms with Crippen LogP contribution in [0.2, 0.25) is 0 Å². The third-order valence-electron chi connectivity index (χ3n) is 12.5. The number of hydrogen-bond acceptors (Lipinski definition) is 5. The van der Waals surface area contributed by atoms with E-state index in [1.54, 1.807) is 29.8 Å². The summed E-state index contributed by atoms with van der Waals surface area (Å²) in [5, 5.41) is 0. The molecule has 2 fully saturated rings. The molecule has 5 nitrogen and oxygen atoms in total. The van der Waals surface area contributed by atoms with Gasteiger partial charge in [-0.1, -0.05) is 113 Å². The lowest BCUT2D eigenvalue weighted by Gasteiger charge is -2.48. The maximum Gasteiger partial charge on any atom is 0.373 e. The van der Waals surface area contributed by atoms with Crippen molar-refractivity contribution < 1.29 is 24.1 Å². The smallest absolute Gasteiger partial charge is 0.373 e. The van der Waals surface area contributed by atoms with Gasteiger partial charge in [-0.25, -0.2) is 9.59 Å². The summed E-state index contributed by atoms with van der Waals surface area (Å²) in [6, 6.07) is 18.0. The number of hydrogen-bond donors (Lipinski definition) is 0. The van der Waals surface area contributed by atoms with Crippen molar-refractivity contribution >= 4 is 11.9 Å². The molecule has 4 aliphatic rings. The van der Waals surface area contributed by atoms with Crippen molar-refractivity contribution in [2.75, 3.05) is 0 Å². The molecule has 2 aromatic rings. The van der Waals surface area contributed by atoms with Crippen molar-refractivity contribution in [3.8, 4) is 0 Å². The molecule has 0 N–H and O–H groups in total. The number of ether oxygens (including phenoxy) is 1. The average molecular weight is 739 g/mol. The number of carbonyl (C=O) groups excluding carboxylic acids is 2. The molecule has 0 heterocycles. The van der Waals surface area contributed by atoms with Gasteiger partial charge in [-0.3, -0.25) is 4.89 Å². The number of esters is 1. The summed E-state index contributed by atoms with van der Waals surface area (Å²) < 4.78 is 5.78. The lowest BCUT2D eigenvalue weighted by atomic mass is 9.57. The Labute approximate surface area is 328 Å². The topological polar surface area (TPSA) is 61.8 Å². The predicted molar refractivity (Wildman–Crippen MR) is 224 cm³/mol. The van der Waals surface area contributed by atoms with Crippen LogP contribution in [0.4, 0.5) is 0 Å². The molecule has 6 rings (SSSR count). The summed E-state index contributed by atoms with van der Waals surface area (Å²) in [6.45, 7) is 27.7. The zero-order chi connectivity index (χ0) is 39.0. The molecule has 4 aliphatic carbocycles. The Kier molecular flexibility index (Phi) is 15.9. The number of carbonyl (C=O) groups is 2. The lowest BCUT2D eigenvalue weighted by Crippen LogP contribution is -2.40. The van der Waals surface area contributed by atoms with Gasteiger partial charge in [-0.05, 0) is 157 Å². The van der Waals surface area contributed by atoms with E-state index in [1.165, 1.54) is 61.7 Å². The van der Waals surface area contributed by atoms with Gasteiger partial charge in [0.2, 0.25) is 0 Å². The van der Waals surface area contributed by atoms with Gasteiger partial charge in [-0.2, -0.15) is 4.89 Å². The van der Waals surface area contributed by atoms with Gasteiger partial charge in [0.25, 0.3) is 0 Å². The van der Waals surface area contributed by atoms with Gasteiger partial charge >= 0.3 is 11.9 Å². The molecule has 7 atom stereocenters. The third kappa shape index (κ3) is 11.7. The molecule has 0 aromatic heterocycles. The van der Waals surface area contributed by atoms with Crippen molar-refractivity contribution in [3.05, 3.63) is 119 Å². The second kappa shape index (κ2) is 19.2. The van der Waals surface area contributed by atoms with Crippen LogP contribution in [-0.4, -0.2) is 23.6 Å². The van der Waals surface area contributed by atoms with E-state index in [1.807, 2.05) is 57.2 Å². The van der Waals surface area contributed by atoms with Crippen LogP contribution in [0.15, 0.2) is 108 Å². The fraction of sp³-hybridized carbons (Fsp3) is 0.551. The average Bonchev–Trinajstić information content (AvgIpc) is 3.12. The van der Waals surface area contributed by atoms with E-state index in [2.05, 4.69) is 71.7 Å². The number of benzene rings is 2. The Morgan fingerprint density at radius 2 is 1.20 bits per heavy atom. The third-order valence-corrected chi connectivity index (χ3v) is 12.5. The summed E-state index contributed by atoms with van der Waals surface area (Å²) in [6.07, 6.45) is 15.7. The van der Waals surface area contributed by atoms with Gasteiger partial charge in [0.05, 0.1) is 11.1 Å². The Balaban J connectivity index is 0.000000228. The first-order valence-corrected chi connectivity index (χ1v) is 19.9. The maximum atomic E-state index is 12.3. The molecule has 0 saturated heterocycles. The number of allylic oxidation sites excluding steroid dienone is 5. The first kappa shape index (κ1) is 44.7. The molecular weight excluding hydrogens is 669 g/mol. The van der Waals surface area contributed by atoms with Crippen molar-refractivity contribution in [1.82, 2.24) is 0 Å². The summed E-state index contributed by atoms with van der Waals surface area (Å²) in [7, 11) is 0. The van der Waals surface area contributed by atoms with Crippen LogP contribution in [0.1, 0.15) is 148 Å². The first-order chi connectivity index (χ1) is 24.9. The largest absolute Gasteiger partial charge is 0.455 e. The minimum absolute atomic E-state index is 0. The van der Waals surface area contributed by atoms with Gasteiger partial charge in [0.15, 0.2) is 0 Å². The SMILES string of the molecule is C.C=C(C)[C@@H]1CCC2=CC(OC(=O)c3ccccc3)C[C@@H](C)[C@]2(C)C1.C=C(C)[C@@H]1CCC2=CCC[C@@H](C)[C@]2(C)C1.CC(C)(C)OOC(=O)c1ccccc1. The van der Waals surface area contributed by atoms with Crippen molar-refractivity contribution in [3.63, 3.8) is 0 Å². The molecule has 296 valence electrons. The van der Waals surface area contributed by atoms with E-state index >= 15 is 0 Å². The molecule has 54 heavy (non-hydrogen) atoms. The Bertz CT molecular complexity index is 1630. The molecule has 0 amide bonds. The van der Waals surface area contributed by atoms with Crippen LogP contribution in [0, 0.1) is 34.5 Å². The molecule has 1 unspecified atom stereocenters. The molecule has 0 aliphatic heterocycles. The number of rotatable bonds is 6. The van der Waals surface area contributed by atoms with Gasteiger partial charge < -0.3 is 4.74 Å². The molecular formula is C49H70O5. The van der Waals surface area contributed by atoms with Crippen molar-refractivity contribution in [2.45, 2.75) is 139 Å². The zero-order valence-electron chi connectivity index (χ0n) is 34.1. The Morgan fingerprint density at radius 3 is 1.70 bits per heavy atom. The highest BCUT2D eigenvalue weighted by molar-refractivity contribution is 5.89. The minimum Gasteiger partial charge on any atom is -0.455 e. The predicted octanol–water partition coefficient (Wildman–Crippen LogP) is 13.5. The second-order valence-corrected chi connectivity index (χ2v) is 17.7. The van der Waals surface area contributed by atoms with E-state index in [-0.39, 0.29) is 24.9 Å². The van der Waals surface area contributed by atoms with Crippen molar-refractivity contribution in [2.24, 2.45) is 34.5 Å². The van der Waals surface area contributed by atoms with Crippen LogP contribution >= 0.6 is 0 Å². The standard InChI is InChI=1S/C22H28O2.C15H24.C11H14O3.CH4/c1-15(2)18-10-11-19-13-20(12-16(3)22(19,4)14-18)24-21(23)17-8-6-5-7-9-17;1-11(2)13-8-9-14-7-5-6-12(3)15(14,4)10-13;1-11(2,3)14-13-10(12)9-7-5-4-6-8-9;/h5-9,13,16,18,20H,1,10-12,14H2,2-4H3;7,12-13H,1,5-6,8-10H2,2-4H3;4-8H,1-3H3;1H4/t16-,18-,20?,22+;12-,13-,15+;;/m11../s1. The molecule has 2 saturated carbocycles. The van der Waals surface area contributed by atoms with Gasteiger partial charge in [0.1, 0.15) is 11.7 Å². The zero-order valence-corrected chi connectivity index (χ0v) is 34.1. The van der Waals surface area contributed by atoms with E-state index in [4.69, 9.17) is 9.62 Å². The summed E-state index contributed by atoms with van der Waals surface area (Å²) in [5.41, 5.74) is 7.26. The van der Waals surface area contributed by atoms with Gasteiger partial charge in [0, 0.05) is 0 Å². The Morgan fingerprint density at radius 1 is 0.722 bits per heavy atom. The number of fused-ring (bicyclic) bond motifs is 2. The molecule has 0 spiro atoms. The summed E-state index contributed by atoms with van der Waals surface area (Å²) >= 11 is 0. The highest BCUT2D eigenvalue weighted by Crippen LogP contribution is 2.54. The highest BCUT2D eigenvalue weighted by Gasteiger charge is 2.45. The maximum absolute atomic E-state index is 12.3. The molecule has 2 aromatic carbocycles. The minimum atomic E-state index is -0.482. The fourth-order valence-electron chi connectivity index (χ4n) is 8.58. The Hall–Kier alpha value is -3.70. The van der Waals surface area contributed by atoms with Gasteiger partial charge in [-0.15, -0.1) is 0 Å². The van der Waals surface area contributed by atoms with Crippen LogP contribution in [0.3, 0.4) is 0 Å². The normalized spacial score (nSPS) is 28.6. The van der Waals surface area contributed by atoms with E-state index in [0.717, 1.165) is 24.7 Å². The summed E-state index contributed by atoms with van der Waals surface area (Å²) in [5.74, 6) is 2.07. The highest BCUT2D eigenvalue weighted by atomic mass is 17.2. The van der Waals surface area contributed by atoms with Crippen LogP contribution < -0.4 is 0 Å². The summed E-state index contributed by atoms with van der Waals surface area (Å²) in [4.78, 5) is 33.2. The van der Waals surface area contributed by atoms with Crippen molar-refractivity contribution in [1.29, 1.82) is 0 Å².